The van der Waals surface area contributed by atoms with Crippen LogP contribution >= 0.6 is 0 Å². The van der Waals surface area contributed by atoms with E-state index in [9.17, 15) is 20.3 Å². The monoisotopic (exact) mass is 246 g/mol. The normalized spacial score (nSPS) is 38.1. The maximum absolute atomic E-state index is 10.7. The molecule has 1 aliphatic heterocycles. The van der Waals surface area contributed by atoms with E-state index in [0.717, 1.165) is 17.1 Å². The summed E-state index contributed by atoms with van der Waals surface area (Å²) in [5, 5.41) is 39.0. The summed E-state index contributed by atoms with van der Waals surface area (Å²) in [4.78, 5) is 13.5. The van der Waals surface area contributed by atoms with Crippen LogP contribution in [0.3, 0.4) is 0 Å². The molecule has 0 saturated carbocycles. The minimum absolute atomic E-state index is 0.489. The molecule has 0 amide bonds. The molecule has 17 heavy (non-hydrogen) atoms. The average molecular weight is 246 g/mol. The molecule has 0 radical (unpaired) electrons. The van der Waals surface area contributed by atoms with Gasteiger partial charge in [0.2, 0.25) is 6.23 Å². The molecule has 2 heterocycles. The molecule has 1 aromatic rings. The highest BCUT2D eigenvalue weighted by molar-refractivity contribution is 5.16. The Kier molecular flexibility index (Phi) is 2.73. The van der Waals surface area contributed by atoms with E-state index in [1.807, 2.05) is 0 Å². The van der Waals surface area contributed by atoms with Gasteiger partial charge in [-0.05, 0) is 4.92 Å². The van der Waals surface area contributed by atoms with Gasteiger partial charge in [-0.1, -0.05) is 0 Å². The molecular weight excluding hydrogens is 234 g/mol. The summed E-state index contributed by atoms with van der Waals surface area (Å²) >= 11 is 0. The van der Waals surface area contributed by atoms with Crippen LogP contribution in [-0.2, 0) is 4.74 Å². The standard InChI is InChI=1S/C8H11N3O6/c12-2-4-6(13)7(14)8(17-4)10-3-9-1-5(10)11(15)16/h1,3-4,6-8,12-14H,2H2/t4-,6-,7-,8-/m1/s1/i7D. The number of nitrogens with zero attached hydrogens (tertiary/aromatic N) is 3. The van der Waals surface area contributed by atoms with Crippen molar-refractivity contribution in [2.45, 2.75) is 24.5 Å². The van der Waals surface area contributed by atoms with Gasteiger partial charge in [0.05, 0.1) is 7.98 Å². The van der Waals surface area contributed by atoms with Gasteiger partial charge >= 0.3 is 5.82 Å². The summed E-state index contributed by atoms with van der Waals surface area (Å²) in [6.07, 6.45) is -4.98. The fraction of sp³-hybridized carbons (Fsp3) is 0.625. The highest BCUT2D eigenvalue weighted by Crippen LogP contribution is 2.31. The van der Waals surface area contributed by atoms with Crippen molar-refractivity contribution in [1.29, 1.82) is 0 Å². The molecule has 1 aromatic heterocycles. The fourth-order valence-electron chi connectivity index (χ4n) is 1.62. The second kappa shape index (κ2) is 4.37. The summed E-state index contributed by atoms with van der Waals surface area (Å²) in [6.45, 7) is -0.624. The molecule has 9 nitrogen and oxygen atoms in total. The van der Waals surface area contributed by atoms with E-state index >= 15 is 0 Å². The molecule has 1 fully saturated rings. The zero-order chi connectivity index (χ0) is 13.5. The second-order valence-corrected chi connectivity index (χ2v) is 3.50. The number of ether oxygens (including phenoxy) is 1. The van der Waals surface area contributed by atoms with Crippen LogP contribution in [0, 0.1) is 10.1 Å². The maximum Gasteiger partial charge on any atom is 0.344 e. The largest absolute Gasteiger partial charge is 0.394 e. The van der Waals surface area contributed by atoms with Gasteiger partial charge in [0.15, 0.2) is 6.33 Å². The first kappa shape index (κ1) is 10.6. The van der Waals surface area contributed by atoms with E-state index in [0.29, 0.717) is 0 Å². The second-order valence-electron chi connectivity index (χ2n) is 3.50. The number of aromatic nitrogens is 2. The lowest BCUT2D eigenvalue weighted by Crippen LogP contribution is -2.33. The average Bonchev–Trinajstić information content (AvgIpc) is 2.84. The molecule has 0 aliphatic carbocycles. The summed E-state index contributed by atoms with van der Waals surface area (Å²) in [5.41, 5.74) is 0. The highest BCUT2D eigenvalue weighted by Gasteiger charge is 2.47. The summed E-state index contributed by atoms with van der Waals surface area (Å²) in [6, 6.07) is 0. The van der Waals surface area contributed by atoms with Crippen molar-refractivity contribution in [3.05, 3.63) is 22.6 Å². The molecule has 94 valence electrons. The van der Waals surface area contributed by atoms with E-state index in [1.165, 1.54) is 0 Å². The van der Waals surface area contributed by atoms with Crippen molar-refractivity contribution < 1.29 is 26.4 Å². The predicted molar refractivity (Wildman–Crippen MR) is 51.9 cm³/mol. The van der Waals surface area contributed by atoms with Crippen LogP contribution in [0.1, 0.15) is 7.60 Å². The van der Waals surface area contributed by atoms with Gasteiger partial charge in [0.25, 0.3) is 0 Å². The van der Waals surface area contributed by atoms with Gasteiger partial charge in [-0.3, -0.25) is 0 Å². The minimum Gasteiger partial charge on any atom is -0.394 e. The molecule has 0 unspecified atom stereocenters. The number of imidazole rings is 1. The fourth-order valence-corrected chi connectivity index (χ4v) is 1.62. The van der Waals surface area contributed by atoms with Crippen LogP contribution in [0.25, 0.3) is 0 Å². The van der Waals surface area contributed by atoms with Gasteiger partial charge in [-0.25, -0.2) is 4.98 Å². The Morgan fingerprint density at radius 3 is 2.94 bits per heavy atom. The number of hydrogen-bond acceptors (Lipinski definition) is 7. The van der Waals surface area contributed by atoms with Gasteiger partial charge < -0.3 is 30.2 Å². The molecule has 1 aliphatic rings. The van der Waals surface area contributed by atoms with Gasteiger partial charge in [-0.2, -0.15) is 4.57 Å². The zero-order valence-electron chi connectivity index (χ0n) is 9.50. The highest BCUT2D eigenvalue weighted by atomic mass is 16.6. The molecule has 2 rings (SSSR count). The van der Waals surface area contributed by atoms with Crippen molar-refractivity contribution in [3.8, 4) is 0 Å². The minimum atomic E-state index is -2.52. The Balaban J connectivity index is 2.39. The molecular formula is C8H11N3O6. The third-order valence-electron chi connectivity index (χ3n) is 2.48. The lowest BCUT2D eigenvalue weighted by molar-refractivity contribution is -0.394. The van der Waals surface area contributed by atoms with Crippen LogP contribution in [-0.4, -0.2) is 54.7 Å². The van der Waals surface area contributed by atoms with Crippen molar-refractivity contribution in [1.82, 2.24) is 9.55 Å². The number of rotatable bonds is 3. The van der Waals surface area contributed by atoms with Gasteiger partial charge in [-0.15, -0.1) is 0 Å². The Hall–Kier alpha value is -1.55. The van der Waals surface area contributed by atoms with E-state index in [1.54, 1.807) is 0 Å². The van der Waals surface area contributed by atoms with E-state index in [-0.39, 0.29) is 0 Å². The Labute approximate surface area is 96.4 Å². The molecule has 3 N–H and O–H groups in total. The van der Waals surface area contributed by atoms with Crippen LogP contribution < -0.4 is 0 Å². The lowest BCUT2D eigenvalue weighted by Gasteiger charge is -2.12. The maximum atomic E-state index is 10.7. The summed E-state index contributed by atoms with van der Waals surface area (Å²) in [5.74, 6) is -0.489. The number of nitro groups is 1. The van der Waals surface area contributed by atoms with Crippen LogP contribution in [0.4, 0.5) is 5.82 Å². The summed E-state index contributed by atoms with van der Waals surface area (Å²) < 4.78 is 13.5. The quantitative estimate of drug-likeness (QED) is 0.432. The van der Waals surface area contributed by atoms with Gasteiger partial charge in [0.1, 0.15) is 24.5 Å². The van der Waals surface area contributed by atoms with Crippen LogP contribution in [0.15, 0.2) is 12.5 Å². The predicted octanol–water partition coefficient (Wildman–Crippen LogP) is -1.60. The topological polar surface area (TPSA) is 131 Å². The lowest BCUT2D eigenvalue weighted by atomic mass is 10.1. The van der Waals surface area contributed by atoms with Gasteiger partial charge in [0, 0.05) is 0 Å². The number of aliphatic hydroxyl groups excluding tert-OH is 2. The SMILES string of the molecule is [2H][C@@]1(O)[C@H](O)[C@@H](CO)O[C@H]1n1cncc1[N+](=O)[O-]. The van der Waals surface area contributed by atoms with Crippen molar-refractivity contribution >= 4 is 5.82 Å². The van der Waals surface area contributed by atoms with Crippen LogP contribution in [0.2, 0.25) is 0 Å². The van der Waals surface area contributed by atoms with E-state index < -0.39 is 41.9 Å². The van der Waals surface area contributed by atoms with Crippen molar-refractivity contribution in [2.24, 2.45) is 0 Å². The molecule has 0 aromatic carbocycles. The number of aliphatic hydroxyl groups is 3. The van der Waals surface area contributed by atoms with E-state index in [4.69, 9.17) is 11.2 Å². The Morgan fingerprint density at radius 2 is 2.41 bits per heavy atom. The molecule has 4 atom stereocenters. The van der Waals surface area contributed by atoms with Crippen LogP contribution in [0.5, 0.6) is 0 Å². The van der Waals surface area contributed by atoms with Crippen molar-refractivity contribution in [2.75, 3.05) is 6.61 Å². The third-order valence-corrected chi connectivity index (χ3v) is 2.48. The summed E-state index contributed by atoms with van der Waals surface area (Å²) in [7, 11) is 0. The van der Waals surface area contributed by atoms with E-state index in [2.05, 4.69) is 4.98 Å². The first-order chi connectivity index (χ1) is 8.39. The first-order valence-corrected chi connectivity index (χ1v) is 4.72. The molecule has 9 heteroatoms. The van der Waals surface area contributed by atoms with Crippen molar-refractivity contribution in [3.63, 3.8) is 0 Å². The Bertz CT molecular complexity index is 463. The Morgan fingerprint density at radius 1 is 1.71 bits per heavy atom. The molecule has 0 spiro atoms. The number of hydrogen-bond donors (Lipinski definition) is 3. The molecule has 1 saturated heterocycles. The zero-order valence-corrected chi connectivity index (χ0v) is 8.50. The first-order valence-electron chi connectivity index (χ1n) is 5.22. The molecule has 0 bridgehead atoms. The third kappa shape index (κ3) is 1.89. The smallest absolute Gasteiger partial charge is 0.344 e.